The number of nitrogen functional groups attached to an aromatic ring is 1. The first-order chi connectivity index (χ1) is 8.31. The summed E-state index contributed by atoms with van der Waals surface area (Å²) in [5.41, 5.74) is 7.42. The second-order valence-electron chi connectivity index (χ2n) is 3.64. The van der Waals surface area contributed by atoms with Crippen molar-refractivity contribution in [2.24, 2.45) is 0 Å². The summed E-state index contributed by atoms with van der Waals surface area (Å²) in [7, 11) is 0. The van der Waals surface area contributed by atoms with Gasteiger partial charge < -0.3 is 15.2 Å². The van der Waals surface area contributed by atoms with E-state index >= 15 is 0 Å². The van der Waals surface area contributed by atoms with Crippen LogP contribution in [0.15, 0.2) is 60.3 Å². The minimum atomic E-state index is 0.732. The molecule has 0 bridgehead atoms. The molecule has 0 spiro atoms. The molecule has 0 saturated heterocycles. The molecule has 0 aromatic heterocycles. The smallest absolute Gasteiger partial charge is 0.131 e. The van der Waals surface area contributed by atoms with Crippen molar-refractivity contribution < 1.29 is 4.74 Å². The zero-order valence-corrected chi connectivity index (χ0v) is 9.78. The number of nitrogens with zero attached hydrogens (tertiary/aromatic N) is 1. The monoisotopic (exact) mass is 245 g/mol. The number of ether oxygens (including phenoxy) is 1. The van der Waals surface area contributed by atoms with Crippen LogP contribution in [0.25, 0.3) is 0 Å². The Morgan fingerprint density at radius 3 is 2.88 bits per heavy atom. The lowest BCUT2D eigenvalue weighted by atomic mass is 10.3. The van der Waals surface area contributed by atoms with Crippen molar-refractivity contribution >= 4 is 17.8 Å². The fourth-order valence-electron chi connectivity index (χ4n) is 1.55. The van der Waals surface area contributed by atoms with Crippen LogP contribution in [0.1, 0.15) is 0 Å². The summed E-state index contributed by atoms with van der Waals surface area (Å²) >= 11 is 1.52. The molecule has 17 heavy (non-hydrogen) atoms. The van der Waals surface area contributed by atoms with Crippen LogP contribution in [0.4, 0.5) is 5.69 Å². The van der Waals surface area contributed by atoms with Crippen LogP contribution >= 0.6 is 12.1 Å². The summed E-state index contributed by atoms with van der Waals surface area (Å²) in [6.07, 6.45) is 7.79. The van der Waals surface area contributed by atoms with Gasteiger partial charge in [0.1, 0.15) is 11.5 Å². The number of hydrogen-bond acceptors (Lipinski definition) is 5. The molecule has 1 aromatic carbocycles. The third-order valence-electron chi connectivity index (χ3n) is 2.39. The zero-order chi connectivity index (χ0) is 11.7. The highest BCUT2D eigenvalue weighted by Gasteiger charge is 2.16. The Balaban J connectivity index is 1.78. The Kier molecular flexibility index (Phi) is 2.45. The van der Waals surface area contributed by atoms with E-state index in [9.17, 15) is 0 Å². The number of allylic oxidation sites excluding steroid dienone is 2. The van der Waals surface area contributed by atoms with Gasteiger partial charge in [0, 0.05) is 24.2 Å². The minimum Gasteiger partial charge on any atom is -0.457 e. The fraction of sp³-hybridized carbons (Fsp3) is 0. The van der Waals surface area contributed by atoms with Crippen molar-refractivity contribution in [2.75, 3.05) is 5.73 Å². The normalized spacial score (nSPS) is 17.1. The number of hydrogen-bond donors (Lipinski definition) is 2. The van der Waals surface area contributed by atoms with Gasteiger partial charge in [-0.2, -0.15) is 0 Å². The van der Waals surface area contributed by atoms with Crippen LogP contribution < -0.4 is 15.2 Å². The van der Waals surface area contributed by atoms with Gasteiger partial charge in [-0.15, -0.1) is 0 Å². The summed E-state index contributed by atoms with van der Waals surface area (Å²) in [6, 6.07) is 7.35. The second-order valence-corrected chi connectivity index (χ2v) is 4.45. The predicted molar refractivity (Wildman–Crippen MR) is 69.4 cm³/mol. The van der Waals surface area contributed by atoms with Crippen LogP contribution in [0.5, 0.6) is 5.75 Å². The summed E-state index contributed by atoms with van der Waals surface area (Å²) < 4.78 is 10.8. The fourth-order valence-corrected chi connectivity index (χ4v) is 2.17. The lowest BCUT2D eigenvalue weighted by Crippen LogP contribution is -2.08. The maximum Gasteiger partial charge on any atom is 0.131 e. The molecule has 2 aliphatic rings. The molecule has 3 N–H and O–H groups in total. The van der Waals surface area contributed by atoms with Crippen LogP contribution in [0.2, 0.25) is 0 Å². The first-order valence-electron chi connectivity index (χ1n) is 5.16. The Morgan fingerprint density at radius 1 is 1.24 bits per heavy atom. The summed E-state index contributed by atoms with van der Waals surface area (Å²) in [5, 5.41) is 0. The van der Waals surface area contributed by atoms with Crippen molar-refractivity contribution in [3.05, 3.63) is 60.3 Å². The largest absolute Gasteiger partial charge is 0.457 e. The molecule has 0 amide bonds. The Bertz CT molecular complexity index is 519. The summed E-state index contributed by atoms with van der Waals surface area (Å²) in [4.78, 5) is 0. The van der Waals surface area contributed by atoms with Crippen LogP contribution in [0.3, 0.4) is 0 Å². The SMILES string of the molecule is Nc1ccc(OC2=CC3=CNSN3C=C2)cc1. The third kappa shape index (κ3) is 2.09. The van der Waals surface area contributed by atoms with E-state index in [1.54, 1.807) is 0 Å². The molecule has 86 valence electrons. The number of anilines is 1. The number of benzene rings is 1. The lowest BCUT2D eigenvalue weighted by molar-refractivity contribution is 0.439. The van der Waals surface area contributed by atoms with Crippen molar-refractivity contribution in [2.45, 2.75) is 0 Å². The Hall–Kier alpha value is -2.01. The molecule has 2 aliphatic heterocycles. The van der Waals surface area contributed by atoms with Crippen molar-refractivity contribution in [3.8, 4) is 5.75 Å². The van der Waals surface area contributed by atoms with E-state index in [1.807, 2.05) is 53.1 Å². The molecule has 0 atom stereocenters. The van der Waals surface area contributed by atoms with Gasteiger partial charge in [0.2, 0.25) is 0 Å². The minimum absolute atomic E-state index is 0.732. The number of nitrogens with two attached hydrogens (primary N) is 1. The number of rotatable bonds is 2. The Morgan fingerprint density at radius 2 is 2.06 bits per heavy atom. The first-order valence-corrected chi connectivity index (χ1v) is 5.94. The highest BCUT2D eigenvalue weighted by atomic mass is 32.2. The average Bonchev–Trinajstić information content (AvgIpc) is 2.79. The van der Waals surface area contributed by atoms with Crippen molar-refractivity contribution in [1.29, 1.82) is 0 Å². The van der Waals surface area contributed by atoms with E-state index in [2.05, 4.69) is 4.72 Å². The van der Waals surface area contributed by atoms with Crippen molar-refractivity contribution in [3.63, 3.8) is 0 Å². The van der Waals surface area contributed by atoms with Gasteiger partial charge in [0.25, 0.3) is 0 Å². The first kappa shape index (κ1) is 10.2. The zero-order valence-electron chi connectivity index (χ0n) is 8.96. The molecule has 0 saturated carbocycles. The second kappa shape index (κ2) is 4.10. The maximum absolute atomic E-state index is 5.73. The molecule has 0 radical (unpaired) electrons. The van der Waals surface area contributed by atoms with Gasteiger partial charge >= 0.3 is 0 Å². The standard InChI is InChI=1S/C12H11N3OS/c13-9-1-3-11(4-2-9)16-12-5-6-15-10(7-12)8-14-17-15/h1-8,14H,13H2. The summed E-state index contributed by atoms with van der Waals surface area (Å²) in [5.74, 6) is 1.59. The molecule has 2 heterocycles. The van der Waals surface area contributed by atoms with Crippen LogP contribution in [-0.2, 0) is 0 Å². The van der Waals surface area contributed by atoms with E-state index in [0.29, 0.717) is 0 Å². The van der Waals surface area contributed by atoms with Gasteiger partial charge in [0.15, 0.2) is 0 Å². The molecular formula is C12H11N3OS. The highest BCUT2D eigenvalue weighted by Crippen LogP contribution is 2.28. The van der Waals surface area contributed by atoms with Gasteiger partial charge in [-0.05, 0) is 30.3 Å². The average molecular weight is 245 g/mol. The van der Waals surface area contributed by atoms with Crippen LogP contribution in [-0.4, -0.2) is 4.31 Å². The van der Waals surface area contributed by atoms with E-state index in [1.165, 1.54) is 12.1 Å². The highest BCUT2D eigenvalue weighted by molar-refractivity contribution is 7.95. The van der Waals surface area contributed by atoms with E-state index in [4.69, 9.17) is 10.5 Å². The van der Waals surface area contributed by atoms with E-state index in [-0.39, 0.29) is 0 Å². The quantitative estimate of drug-likeness (QED) is 0.619. The van der Waals surface area contributed by atoms with Crippen molar-refractivity contribution in [1.82, 2.24) is 9.03 Å². The predicted octanol–water partition coefficient (Wildman–Crippen LogP) is 2.37. The number of nitrogens with one attached hydrogen (secondary N) is 1. The van der Waals surface area contributed by atoms with Gasteiger partial charge in [-0.25, -0.2) is 0 Å². The summed E-state index contributed by atoms with van der Waals surface area (Å²) in [6.45, 7) is 0. The lowest BCUT2D eigenvalue weighted by Gasteiger charge is -2.17. The number of fused-ring (bicyclic) bond motifs is 1. The Labute approximate surface area is 104 Å². The molecule has 0 unspecified atom stereocenters. The topological polar surface area (TPSA) is 50.5 Å². The molecule has 3 rings (SSSR count). The molecule has 5 heteroatoms. The maximum atomic E-state index is 5.73. The molecule has 4 nitrogen and oxygen atoms in total. The molecular weight excluding hydrogens is 234 g/mol. The van der Waals surface area contributed by atoms with E-state index < -0.39 is 0 Å². The molecule has 0 aliphatic carbocycles. The molecule has 1 aromatic rings. The third-order valence-corrected chi connectivity index (χ3v) is 3.14. The van der Waals surface area contributed by atoms with Gasteiger partial charge in [-0.1, -0.05) is 0 Å². The van der Waals surface area contributed by atoms with Crippen LogP contribution in [0, 0.1) is 0 Å². The van der Waals surface area contributed by atoms with E-state index in [0.717, 1.165) is 22.9 Å². The van der Waals surface area contributed by atoms with Gasteiger partial charge in [0.05, 0.1) is 17.8 Å². The molecule has 0 fully saturated rings. The van der Waals surface area contributed by atoms with Gasteiger partial charge in [-0.3, -0.25) is 4.31 Å².